The highest BCUT2D eigenvalue weighted by Crippen LogP contribution is 2.27. The minimum atomic E-state index is -1.05. The van der Waals surface area contributed by atoms with Crippen LogP contribution in [0.3, 0.4) is 0 Å². The van der Waals surface area contributed by atoms with Crippen molar-refractivity contribution in [1.82, 2.24) is 5.32 Å². The zero-order chi connectivity index (χ0) is 14.8. The maximum atomic E-state index is 14.0. The monoisotopic (exact) mass is 283 g/mol. The summed E-state index contributed by atoms with van der Waals surface area (Å²) in [5.41, 5.74) is -1.13. The van der Waals surface area contributed by atoms with Crippen molar-refractivity contribution in [3.63, 3.8) is 0 Å². The molecule has 0 saturated carbocycles. The number of ether oxygens (including phenoxy) is 1. The van der Waals surface area contributed by atoms with E-state index in [1.807, 2.05) is 12.2 Å². The van der Waals surface area contributed by atoms with E-state index in [1.165, 1.54) is 0 Å². The Morgan fingerprint density at radius 2 is 2.05 bits per heavy atom. The second-order valence-corrected chi connectivity index (χ2v) is 4.71. The Balaban J connectivity index is 2.26. The first-order chi connectivity index (χ1) is 9.53. The molecule has 2 rings (SSSR count). The van der Waals surface area contributed by atoms with Crippen LogP contribution in [0.4, 0.5) is 8.78 Å². The van der Waals surface area contributed by atoms with E-state index in [-0.39, 0.29) is 12.2 Å². The van der Waals surface area contributed by atoms with Gasteiger partial charge in [0.1, 0.15) is 0 Å². The van der Waals surface area contributed by atoms with Crippen LogP contribution in [-0.4, -0.2) is 30.3 Å². The third-order valence-corrected chi connectivity index (χ3v) is 3.36. The van der Waals surface area contributed by atoms with Crippen LogP contribution >= 0.6 is 0 Å². The van der Waals surface area contributed by atoms with Crippen molar-refractivity contribution < 1.29 is 23.4 Å². The van der Waals surface area contributed by atoms with Crippen molar-refractivity contribution in [2.75, 3.05) is 13.7 Å². The second-order valence-electron chi connectivity index (χ2n) is 4.71. The van der Waals surface area contributed by atoms with E-state index >= 15 is 0 Å². The average molecular weight is 283 g/mol. The summed E-state index contributed by atoms with van der Waals surface area (Å²) in [6.45, 7) is -0.258. The molecule has 0 radical (unpaired) electrons. The van der Waals surface area contributed by atoms with Crippen molar-refractivity contribution >= 4 is 5.91 Å². The lowest BCUT2D eigenvalue weighted by Gasteiger charge is -2.28. The van der Waals surface area contributed by atoms with Crippen molar-refractivity contribution in [2.45, 2.75) is 18.4 Å². The van der Waals surface area contributed by atoms with Gasteiger partial charge in [0.15, 0.2) is 17.4 Å². The molecule has 0 heterocycles. The lowest BCUT2D eigenvalue weighted by Crippen LogP contribution is -2.49. The predicted octanol–water partition coefficient (Wildman–Crippen LogP) is 1.78. The summed E-state index contributed by atoms with van der Waals surface area (Å²) in [4.78, 5) is 12.1. The molecule has 0 unspecified atom stereocenters. The number of carbonyl (C=O) groups is 1. The summed E-state index contributed by atoms with van der Waals surface area (Å²) in [5.74, 6) is -3.23. The molecule has 1 aliphatic carbocycles. The highest BCUT2D eigenvalue weighted by molar-refractivity contribution is 5.95. The molecule has 0 bridgehead atoms. The van der Waals surface area contributed by atoms with Gasteiger partial charge >= 0.3 is 0 Å². The standard InChI is InChI=1S/C14H15F2NO3/c1-20-12-10(15)5-4-9(11(12)16)13(19)17-14(8-18)6-2-3-7-14/h2-5,18H,6-8H2,1H3,(H,17,19). The van der Waals surface area contributed by atoms with Crippen LogP contribution in [0, 0.1) is 11.6 Å². The molecular formula is C14H15F2NO3. The summed E-state index contributed by atoms with van der Waals surface area (Å²) in [5, 5.41) is 12.0. The van der Waals surface area contributed by atoms with E-state index < -0.39 is 28.8 Å². The molecule has 2 N–H and O–H groups in total. The molecule has 0 fully saturated rings. The minimum Gasteiger partial charge on any atom is -0.491 e. The van der Waals surface area contributed by atoms with E-state index in [0.717, 1.165) is 19.2 Å². The Kier molecular flexibility index (Phi) is 4.04. The van der Waals surface area contributed by atoms with Gasteiger partial charge in [-0.2, -0.15) is 0 Å². The van der Waals surface area contributed by atoms with Crippen LogP contribution in [0.15, 0.2) is 24.3 Å². The second kappa shape index (κ2) is 5.58. The molecule has 4 nitrogen and oxygen atoms in total. The molecule has 6 heteroatoms. The van der Waals surface area contributed by atoms with Crippen molar-refractivity contribution in [2.24, 2.45) is 0 Å². The Bertz CT molecular complexity index is 550. The largest absolute Gasteiger partial charge is 0.491 e. The van der Waals surface area contributed by atoms with Gasteiger partial charge in [-0.15, -0.1) is 0 Å². The molecule has 0 spiro atoms. The molecule has 20 heavy (non-hydrogen) atoms. The number of nitrogens with one attached hydrogen (secondary N) is 1. The van der Waals surface area contributed by atoms with Gasteiger partial charge in [0, 0.05) is 0 Å². The number of benzene rings is 1. The minimum absolute atomic E-state index is 0.258. The Labute approximate surface area is 115 Å². The fourth-order valence-electron chi connectivity index (χ4n) is 2.18. The zero-order valence-electron chi connectivity index (χ0n) is 11.0. The first kappa shape index (κ1) is 14.5. The number of amides is 1. The highest BCUT2D eigenvalue weighted by atomic mass is 19.1. The van der Waals surface area contributed by atoms with Gasteiger partial charge in [-0.25, -0.2) is 8.78 Å². The number of rotatable bonds is 4. The number of carbonyl (C=O) groups excluding carboxylic acids is 1. The van der Waals surface area contributed by atoms with Crippen LogP contribution in [0.25, 0.3) is 0 Å². The molecule has 1 aliphatic rings. The number of hydrogen-bond donors (Lipinski definition) is 2. The molecule has 108 valence electrons. The summed E-state index contributed by atoms with van der Waals surface area (Å²) >= 11 is 0. The van der Waals surface area contributed by atoms with Gasteiger partial charge in [0.25, 0.3) is 5.91 Å². The fourth-order valence-corrected chi connectivity index (χ4v) is 2.18. The maximum Gasteiger partial charge on any atom is 0.254 e. The average Bonchev–Trinajstić information content (AvgIpc) is 2.88. The molecule has 0 atom stereocenters. The molecule has 1 amide bonds. The lowest BCUT2D eigenvalue weighted by atomic mass is 9.97. The smallest absolute Gasteiger partial charge is 0.254 e. The number of halogens is 2. The normalized spacial score (nSPS) is 16.2. The van der Waals surface area contributed by atoms with Crippen LogP contribution in [0.2, 0.25) is 0 Å². The lowest BCUT2D eigenvalue weighted by molar-refractivity contribution is 0.0840. The molecule has 1 aromatic rings. The number of methoxy groups -OCH3 is 1. The van der Waals surface area contributed by atoms with E-state index in [9.17, 15) is 18.7 Å². The van der Waals surface area contributed by atoms with Gasteiger partial charge in [0.2, 0.25) is 0 Å². The Hall–Kier alpha value is -1.95. The quantitative estimate of drug-likeness (QED) is 0.828. The van der Waals surface area contributed by atoms with Crippen molar-refractivity contribution in [1.29, 1.82) is 0 Å². The van der Waals surface area contributed by atoms with Gasteiger partial charge in [0.05, 0.1) is 24.8 Å². The van der Waals surface area contributed by atoms with Gasteiger partial charge in [-0.3, -0.25) is 4.79 Å². The maximum absolute atomic E-state index is 14.0. The Morgan fingerprint density at radius 1 is 1.40 bits per heavy atom. The molecule has 0 aliphatic heterocycles. The fraction of sp³-hybridized carbons (Fsp3) is 0.357. The third kappa shape index (κ3) is 2.51. The van der Waals surface area contributed by atoms with E-state index in [4.69, 9.17) is 0 Å². The summed E-state index contributed by atoms with van der Waals surface area (Å²) in [7, 11) is 1.12. The van der Waals surface area contributed by atoms with Crippen molar-refractivity contribution in [3.05, 3.63) is 41.5 Å². The molecule has 1 aromatic carbocycles. The zero-order valence-corrected chi connectivity index (χ0v) is 11.0. The van der Waals surface area contributed by atoms with Crippen LogP contribution in [-0.2, 0) is 0 Å². The molecule has 0 aromatic heterocycles. The highest BCUT2D eigenvalue weighted by Gasteiger charge is 2.33. The Morgan fingerprint density at radius 3 is 2.60 bits per heavy atom. The number of hydrogen-bond acceptors (Lipinski definition) is 3. The molecule has 0 saturated heterocycles. The number of aliphatic hydroxyl groups excluding tert-OH is 1. The van der Waals surface area contributed by atoms with Gasteiger partial charge in [-0.05, 0) is 25.0 Å². The molecular weight excluding hydrogens is 268 g/mol. The van der Waals surface area contributed by atoms with E-state index in [1.54, 1.807) is 0 Å². The SMILES string of the molecule is COc1c(F)ccc(C(=O)NC2(CO)CC=CC2)c1F. The van der Waals surface area contributed by atoms with Crippen LogP contribution in [0.1, 0.15) is 23.2 Å². The first-order valence-electron chi connectivity index (χ1n) is 6.13. The first-order valence-corrected chi connectivity index (χ1v) is 6.13. The number of aliphatic hydroxyl groups is 1. The van der Waals surface area contributed by atoms with Gasteiger partial charge in [-0.1, -0.05) is 12.2 Å². The summed E-state index contributed by atoms with van der Waals surface area (Å²) in [6, 6.07) is 2.02. The van der Waals surface area contributed by atoms with Gasteiger partial charge < -0.3 is 15.2 Å². The van der Waals surface area contributed by atoms with Crippen LogP contribution in [0.5, 0.6) is 5.75 Å². The topological polar surface area (TPSA) is 58.6 Å². The van der Waals surface area contributed by atoms with E-state index in [0.29, 0.717) is 12.8 Å². The van der Waals surface area contributed by atoms with Crippen molar-refractivity contribution in [3.8, 4) is 5.75 Å². The summed E-state index contributed by atoms with van der Waals surface area (Å²) < 4.78 is 31.9. The third-order valence-electron chi connectivity index (χ3n) is 3.36. The predicted molar refractivity (Wildman–Crippen MR) is 68.6 cm³/mol. The summed E-state index contributed by atoms with van der Waals surface area (Å²) in [6.07, 6.45) is 4.60. The van der Waals surface area contributed by atoms with E-state index in [2.05, 4.69) is 10.1 Å². The van der Waals surface area contributed by atoms with Crippen LogP contribution < -0.4 is 10.1 Å².